The van der Waals surface area contributed by atoms with Gasteiger partial charge in [-0.2, -0.15) is 0 Å². The molecule has 0 aromatic heterocycles. The molecule has 2 nitrogen and oxygen atoms in total. The minimum atomic E-state index is -0.0183. The summed E-state index contributed by atoms with van der Waals surface area (Å²) in [6.45, 7) is 16.2. The summed E-state index contributed by atoms with van der Waals surface area (Å²) in [5.74, 6) is 3.59. The number of allylic oxidation sites excluding steroid dienone is 4. The van der Waals surface area contributed by atoms with Crippen molar-refractivity contribution in [2.75, 3.05) is 14.1 Å². The van der Waals surface area contributed by atoms with E-state index < -0.39 is 0 Å². The molecule has 0 N–H and O–H groups in total. The van der Waals surface area contributed by atoms with Crippen molar-refractivity contribution in [3.63, 3.8) is 0 Å². The van der Waals surface area contributed by atoms with Crippen molar-refractivity contribution in [1.29, 1.82) is 0 Å². The molecule has 0 aromatic carbocycles. The predicted molar refractivity (Wildman–Crippen MR) is 118 cm³/mol. The van der Waals surface area contributed by atoms with Crippen molar-refractivity contribution in [2.45, 2.75) is 54.1 Å². The van der Waals surface area contributed by atoms with Crippen LogP contribution in [0.25, 0.3) is 0 Å². The van der Waals surface area contributed by atoms with Gasteiger partial charge in [0.05, 0.1) is 0 Å². The van der Waals surface area contributed by atoms with Gasteiger partial charge in [0.25, 0.3) is 0 Å². The Labute approximate surface area is 166 Å². The number of hydrogen-bond acceptors (Lipinski definition) is 3. The molecule has 26 heavy (non-hydrogen) atoms. The van der Waals surface area contributed by atoms with Crippen molar-refractivity contribution in [3.05, 3.63) is 52.6 Å². The van der Waals surface area contributed by atoms with Gasteiger partial charge in [0, 0.05) is 49.1 Å². The van der Waals surface area contributed by atoms with Crippen molar-refractivity contribution in [1.82, 2.24) is 4.90 Å². The van der Waals surface area contributed by atoms with E-state index in [-0.39, 0.29) is 12.0 Å². The highest BCUT2D eigenvalue weighted by Crippen LogP contribution is 2.22. The van der Waals surface area contributed by atoms with Crippen LogP contribution in [0.3, 0.4) is 0 Å². The highest BCUT2D eigenvalue weighted by molar-refractivity contribution is 7.80. The van der Waals surface area contributed by atoms with Gasteiger partial charge in [-0.15, -0.1) is 12.2 Å². The molecular formula is C23H33NOS. The Kier molecular flexibility index (Phi) is 10.7. The maximum Gasteiger partial charge on any atom is 0.104 e. The SMILES string of the molecule is C#C/C=C(\C=C(/CC(=S)C(=C)C)OC(C)C(C)C(C)=C=C(C)C)N(C)C. The van der Waals surface area contributed by atoms with E-state index in [0.29, 0.717) is 6.42 Å². The van der Waals surface area contributed by atoms with Gasteiger partial charge in [0.1, 0.15) is 11.9 Å². The zero-order chi connectivity index (χ0) is 20.4. The summed E-state index contributed by atoms with van der Waals surface area (Å²) in [5, 5.41) is 0. The van der Waals surface area contributed by atoms with Crippen LogP contribution < -0.4 is 0 Å². The lowest BCUT2D eigenvalue weighted by atomic mass is 9.97. The largest absolute Gasteiger partial charge is 0.494 e. The van der Waals surface area contributed by atoms with E-state index in [9.17, 15) is 0 Å². The molecule has 0 aliphatic rings. The van der Waals surface area contributed by atoms with Crippen LogP contribution in [0.4, 0.5) is 0 Å². The highest BCUT2D eigenvalue weighted by atomic mass is 32.1. The monoisotopic (exact) mass is 371 g/mol. The molecule has 0 fully saturated rings. The second-order valence-corrected chi connectivity index (χ2v) is 7.53. The second kappa shape index (κ2) is 11.6. The summed E-state index contributed by atoms with van der Waals surface area (Å²) in [4.78, 5) is 2.74. The number of ether oxygens (including phenoxy) is 1. The van der Waals surface area contributed by atoms with E-state index in [1.807, 2.05) is 45.8 Å². The van der Waals surface area contributed by atoms with Gasteiger partial charge in [-0.05, 0) is 51.3 Å². The number of nitrogens with zero attached hydrogens (tertiary/aromatic N) is 1. The summed E-state index contributed by atoms with van der Waals surface area (Å²) < 4.78 is 6.29. The molecule has 0 amide bonds. The summed E-state index contributed by atoms with van der Waals surface area (Å²) in [6.07, 6.45) is 9.64. The van der Waals surface area contributed by atoms with Crippen LogP contribution in [0.2, 0.25) is 0 Å². The normalized spacial score (nSPS) is 13.8. The minimum Gasteiger partial charge on any atom is -0.494 e. The molecule has 0 aliphatic carbocycles. The smallest absolute Gasteiger partial charge is 0.104 e. The highest BCUT2D eigenvalue weighted by Gasteiger charge is 2.18. The number of rotatable bonds is 9. The Morgan fingerprint density at radius 2 is 1.81 bits per heavy atom. The van der Waals surface area contributed by atoms with E-state index in [2.05, 4.69) is 39.0 Å². The molecule has 2 atom stereocenters. The summed E-state index contributed by atoms with van der Waals surface area (Å²) >= 11 is 5.45. The van der Waals surface area contributed by atoms with Crippen LogP contribution in [0.15, 0.2) is 52.6 Å². The van der Waals surface area contributed by atoms with Crippen molar-refractivity contribution < 1.29 is 4.74 Å². The lowest BCUT2D eigenvalue weighted by molar-refractivity contribution is 0.0964. The number of thiocarbonyl (C=S) groups is 1. The fraction of sp³-hybridized carbons (Fsp3) is 0.478. The van der Waals surface area contributed by atoms with Crippen LogP contribution in [0, 0.1) is 18.3 Å². The molecule has 0 spiro atoms. The Balaban J connectivity index is 5.72. The first kappa shape index (κ1) is 24.0. The quantitative estimate of drug-likeness (QED) is 0.126. The van der Waals surface area contributed by atoms with Gasteiger partial charge >= 0.3 is 0 Å². The van der Waals surface area contributed by atoms with Gasteiger partial charge in [-0.1, -0.05) is 31.6 Å². The maximum absolute atomic E-state index is 6.29. The second-order valence-electron chi connectivity index (χ2n) is 7.04. The standard InChI is InChI=1S/C23H33NOS/c1-11-12-21(24(9)10)14-22(15-23(26)17(4)5)25-20(8)19(7)18(6)13-16(2)3/h1,12,14,19-20H,4,15H2,2-3,5-10H3/b21-12+,22-14+. The van der Waals surface area contributed by atoms with Gasteiger partial charge in [-0.25, -0.2) is 0 Å². The van der Waals surface area contributed by atoms with Gasteiger partial charge in [0.15, 0.2) is 0 Å². The Bertz CT molecular complexity index is 690. The van der Waals surface area contributed by atoms with Crippen LogP contribution in [0.1, 0.15) is 48.0 Å². The number of terminal acetylenes is 1. The van der Waals surface area contributed by atoms with E-state index in [1.54, 1.807) is 6.08 Å². The third kappa shape index (κ3) is 8.90. The summed E-state index contributed by atoms with van der Waals surface area (Å²) in [7, 11) is 3.89. The molecule has 142 valence electrons. The van der Waals surface area contributed by atoms with Gasteiger partial charge < -0.3 is 9.64 Å². The van der Waals surface area contributed by atoms with Crippen LogP contribution in [-0.2, 0) is 4.74 Å². The predicted octanol–water partition coefficient (Wildman–Crippen LogP) is 5.84. The van der Waals surface area contributed by atoms with E-state index >= 15 is 0 Å². The molecule has 3 heteroatoms. The van der Waals surface area contributed by atoms with Crippen molar-refractivity contribution in [3.8, 4) is 12.3 Å². The van der Waals surface area contributed by atoms with Crippen molar-refractivity contribution >= 4 is 17.1 Å². The topological polar surface area (TPSA) is 12.5 Å². The fourth-order valence-electron chi connectivity index (χ4n) is 2.19. The van der Waals surface area contributed by atoms with Crippen LogP contribution in [-0.4, -0.2) is 30.0 Å². The third-order valence-electron chi connectivity index (χ3n) is 4.04. The molecule has 0 radical (unpaired) electrons. The Hall–Kier alpha value is -2.01. The summed E-state index contributed by atoms with van der Waals surface area (Å²) in [5.41, 5.74) is 7.49. The number of likely N-dealkylation sites (N-methyl/N-ethyl adjacent to an activating group) is 1. The Morgan fingerprint density at radius 3 is 2.23 bits per heavy atom. The first-order valence-corrected chi connectivity index (χ1v) is 9.20. The molecule has 0 aliphatic heterocycles. The van der Waals surface area contributed by atoms with Gasteiger partial charge in [0.2, 0.25) is 0 Å². The maximum atomic E-state index is 6.29. The average molecular weight is 372 g/mol. The molecular weight excluding hydrogens is 338 g/mol. The molecule has 0 saturated heterocycles. The third-order valence-corrected chi connectivity index (χ3v) is 4.53. The molecule has 0 heterocycles. The van der Waals surface area contributed by atoms with E-state index in [4.69, 9.17) is 23.4 Å². The fourth-order valence-corrected chi connectivity index (χ4v) is 2.33. The number of hydrogen-bond donors (Lipinski definition) is 0. The molecule has 0 rings (SSSR count). The van der Waals surface area contributed by atoms with Crippen LogP contribution in [0.5, 0.6) is 0 Å². The molecule has 0 bridgehead atoms. The zero-order valence-electron chi connectivity index (χ0n) is 17.6. The lowest BCUT2D eigenvalue weighted by Gasteiger charge is -2.24. The van der Waals surface area contributed by atoms with E-state index in [0.717, 1.165) is 27.5 Å². The lowest BCUT2D eigenvalue weighted by Crippen LogP contribution is -2.20. The van der Waals surface area contributed by atoms with E-state index in [1.165, 1.54) is 5.57 Å². The molecule has 2 unspecified atom stereocenters. The van der Waals surface area contributed by atoms with Crippen molar-refractivity contribution in [2.24, 2.45) is 5.92 Å². The summed E-state index contributed by atoms with van der Waals surface area (Å²) in [6, 6.07) is 0. The first-order valence-electron chi connectivity index (χ1n) is 8.79. The first-order chi connectivity index (χ1) is 12.0. The average Bonchev–Trinajstić information content (AvgIpc) is 2.52. The van der Waals surface area contributed by atoms with Gasteiger partial charge in [-0.3, -0.25) is 0 Å². The molecule has 0 aromatic rings. The Morgan fingerprint density at radius 1 is 1.23 bits per heavy atom. The zero-order valence-corrected chi connectivity index (χ0v) is 18.4. The minimum absolute atomic E-state index is 0.0183. The van der Waals surface area contributed by atoms with Crippen LogP contribution >= 0.6 is 12.2 Å². The molecule has 0 saturated carbocycles.